The fourth-order valence-electron chi connectivity index (χ4n) is 5.31. The van der Waals surface area contributed by atoms with Crippen molar-refractivity contribution in [2.45, 2.75) is 101 Å². The van der Waals surface area contributed by atoms with Gasteiger partial charge in [-0.2, -0.15) is 0 Å². The summed E-state index contributed by atoms with van der Waals surface area (Å²) in [4.78, 5) is 15.2. The van der Waals surface area contributed by atoms with Gasteiger partial charge in [0, 0.05) is 48.5 Å². The molecule has 4 nitrogen and oxygen atoms in total. The number of fused-ring (bicyclic) bond motifs is 6. The summed E-state index contributed by atoms with van der Waals surface area (Å²) >= 11 is 0. The molecule has 0 aliphatic carbocycles. The van der Waals surface area contributed by atoms with Gasteiger partial charge in [0.15, 0.2) is 0 Å². The standard InChI is InChI=1S/C19H28N4/c1-3-14-10-16-5-7-18(22-16)19-8-6-17(23-19)11-15-4-2-13(21-15)9-12(1)20-14/h12,15-16,18-19,22H,1-11H2. The molecule has 5 aliphatic rings. The van der Waals surface area contributed by atoms with Gasteiger partial charge in [0.1, 0.15) is 0 Å². The first-order valence-electron chi connectivity index (χ1n) is 9.74. The molecule has 0 aromatic rings. The van der Waals surface area contributed by atoms with Gasteiger partial charge in [0.25, 0.3) is 0 Å². The highest BCUT2D eigenvalue weighted by Gasteiger charge is 2.35. The van der Waals surface area contributed by atoms with Crippen molar-refractivity contribution in [3.05, 3.63) is 0 Å². The molecule has 23 heavy (non-hydrogen) atoms. The summed E-state index contributed by atoms with van der Waals surface area (Å²) < 4.78 is 0. The molecule has 8 bridgehead atoms. The Hall–Kier alpha value is -1.03. The van der Waals surface area contributed by atoms with Crippen LogP contribution in [0.4, 0.5) is 0 Å². The van der Waals surface area contributed by atoms with Crippen LogP contribution in [0.2, 0.25) is 0 Å². The first kappa shape index (κ1) is 14.3. The lowest BCUT2D eigenvalue weighted by atomic mass is 10.0. The molecular formula is C19H28N4. The summed E-state index contributed by atoms with van der Waals surface area (Å²) in [6.07, 6.45) is 13.4. The van der Waals surface area contributed by atoms with Crippen LogP contribution in [0.25, 0.3) is 0 Å². The van der Waals surface area contributed by atoms with Gasteiger partial charge in [-0.25, -0.2) is 0 Å². The fraction of sp³-hybridized carbons (Fsp3) is 0.842. The van der Waals surface area contributed by atoms with Gasteiger partial charge in [0.2, 0.25) is 0 Å². The molecule has 0 amide bonds. The predicted octanol–water partition coefficient (Wildman–Crippen LogP) is 3.10. The number of aliphatic imine (C=N–C) groups is 3. The molecule has 0 radical (unpaired) electrons. The Kier molecular flexibility index (Phi) is 3.61. The highest BCUT2D eigenvalue weighted by Crippen LogP contribution is 2.31. The molecule has 5 unspecified atom stereocenters. The van der Waals surface area contributed by atoms with Crippen LogP contribution in [0.5, 0.6) is 0 Å². The lowest BCUT2D eigenvalue weighted by molar-refractivity contribution is 0.461. The maximum absolute atomic E-state index is 5.10. The second kappa shape index (κ2) is 5.80. The summed E-state index contributed by atoms with van der Waals surface area (Å²) in [6, 6.07) is 2.84. The second-order valence-corrected chi connectivity index (χ2v) is 8.24. The average Bonchev–Trinajstić information content (AvgIpc) is 3.28. The van der Waals surface area contributed by atoms with E-state index >= 15 is 0 Å². The molecule has 1 saturated heterocycles. The van der Waals surface area contributed by atoms with Crippen molar-refractivity contribution in [1.29, 1.82) is 0 Å². The minimum absolute atomic E-state index is 0.516. The third-order valence-electron chi connectivity index (χ3n) is 6.50. The maximum Gasteiger partial charge on any atom is 0.0655 e. The summed E-state index contributed by atoms with van der Waals surface area (Å²) in [7, 11) is 0. The normalized spacial score (nSPS) is 42.8. The fourth-order valence-corrected chi connectivity index (χ4v) is 5.31. The molecule has 1 fully saturated rings. The maximum atomic E-state index is 5.10. The van der Waals surface area contributed by atoms with Gasteiger partial charge in [-0.15, -0.1) is 0 Å². The lowest BCUT2D eigenvalue weighted by Gasteiger charge is -2.18. The van der Waals surface area contributed by atoms with Crippen molar-refractivity contribution in [3.63, 3.8) is 0 Å². The zero-order valence-electron chi connectivity index (χ0n) is 14.0. The van der Waals surface area contributed by atoms with Gasteiger partial charge in [0.05, 0.1) is 18.1 Å². The third-order valence-corrected chi connectivity index (χ3v) is 6.50. The van der Waals surface area contributed by atoms with E-state index in [2.05, 4.69) is 5.32 Å². The van der Waals surface area contributed by atoms with Crippen LogP contribution < -0.4 is 5.32 Å². The molecule has 0 saturated carbocycles. The first-order valence-corrected chi connectivity index (χ1v) is 9.74. The number of hydrogen-bond donors (Lipinski definition) is 1. The van der Waals surface area contributed by atoms with Gasteiger partial charge in [-0.3, -0.25) is 15.0 Å². The number of nitrogens with zero attached hydrogens (tertiary/aromatic N) is 3. The van der Waals surface area contributed by atoms with Crippen molar-refractivity contribution in [1.82, 2.24) is 5.32 Å². The van der Waals surface area contributed by atoms with Crippen LogP contribution >= 0.6 is 0 Å². The Labute approximate surface area is 139 Å². The second-order valence-electron chi connectivity index (χ2n) is 8.24. The van der Waals surface area contributed by atoms with E-state index in [1.54, 1.807) is 0 Å². The van der Waals surface area contributed by atoms with Gasteiger partial charge < -0.3 is 5.32 Å². The molecule has 4 heteroatoms. The molecule has 0 aromatic heterocycles. The minimum atomic E-state index is 0.516. The summed E-state index contributed by atoms with van der Waals surface area (Å²) in [5.74, 6) is 0. The molecule has 0 aromatic carbocycles. The van der Waals surface area contributed by atoms with E-state index in [9.17, 15) is 0 Å². The minimum Gasteiger partial charge on any atom is -0.309 e. The van der Waals surface area contributed by atoms with E-state index < -0.39 is 0 Å². The molecule has 5 aliphatic heterocycles. The quantitative estimate of drug-likeness (QED) is 0.734. The Balaban J connectivity index is 1.40. The van der Waals surface area contributed by atoms with E-state index in [1.807, 2.05) is 0 Å². The zero-order valence-corrected chi connectivity index (χ0v) is 14.0. The van der Waals surface area contributed by atoms with E-state index in [-0.39, 0.29) is 0 Å². The van der Waals surface area contributed by atoms with Crippen LogP contribution in [0.3, 0.4) is 0 Å². The van der Waals surface area contributed by atoms with E-state index in [1.165, 1.54) is 74.9 Å². The Bertz CT molecular complexity index is 576. The van der Waals surface area contributed by atoms with Crippen molar-refractivity contribution in [2.24, 2.45) is 15.0 Å². The molecule has 5 heterocycles. The van der Waals surface area contributed by atoms with Crippen LogP contribution in [-0.4, -0.2) is 47.3 Å². The Morgan fingerprint density at radius 3 is 2.09 bits per heavy atom. The van der Waals surface area contributed by atoms with Crippen molar-refractivity contribution >= 4 is 17.1 Å². The predicted molar refractivity (Wildman–Crippen MR) is 95.2 cm³/mol. The average molecular weight is 312 g/mol. The molecule has 1 N–H and O–H groups in total. The molecule has 5 rings (SSSR count). The van der Waals surface area contributed by atoms with Crippen molar-refractivity contribution in [3.8, 4) is 0 Å². The van der Waals surface area contributed by atoms with Crippen LogP contribution in [-0.2, 0) is 0 Å². The molecule has 5 atom stereocenters. The molecule has 0 spiro atoms. The number of nitrogens with one attached hydrogen (secondary N) is 1. The van der Waals surface area contributed by atoms with E-state index in [4.69, 9.17) is 15.0 Å². The Morgan fingerprint density at radius 1 is 0.652 bits per heavy atom. The first-order chi connectivity index (χ1) is 11.3. The smallest absolute Gasteiger partial charge is 0.0655 e. The van der Waals surface area contributed by atoms with Crippen molar-refractivity contribution in [2.75, 3.05) is 0 Å². The molecule has 124 valence electrons. The van der Waals surface area contributed by atoms with E-state index in [0.717, 1.165) is 12.8 Å². The van der Waals surface area contributed by atoms with Crippen LogP contribution in [0, 0.1) is 0 Å². The number of rotatable bonds is 0. The molecular weight excluding hydrogens is 284 g/mol. The monoisotopic (exact) mass is 312 g/mol. The summed E-state index contributed by atoms with van der Waals surface area (Å²) in [6.45, 7) is 0. The summed E-state index contributed by atoms with van der Waals surface area (Å²) in [5, 5.41) is 3.89. The zero-order chi connectivity index (χ0) is 15.2. The van der Waals surface area contributed by atoms with Gasteiger partial charge in [-0.05, 0) is 51.4 Å². The van der Waals surface area contributed by atoms with Gasteiger partial charge >= 0.3 is 0 Å². The van der Waals surface area contributed by atoms with Crippen LogP contribution in [0.15, 0.2) is 15.0 Å². The summed E-state index contributed by atoms with van der Waals surface area (Å²) in [5.41, 5.74) is 4.36. The largest absolute Gasteiger partial charge is 0.309 e. The SMILES string of the molecule is C1CC2CC3=NC(CC3)CC3=NC(CC3)C3CCC(CC1=N2)N3. The Morgan fingerprint density at radius 2 is 1.30 bits per heavy atom. The van der Waals surface area contributed by atoms with Crippen LogP contribution in [0.1, 0.15) is 70.6 Å². The topological polar surface area (TPSA) is 49.1 Å². The highest BCUT2D eigenvalue weighted by atomic mass is 15.0. The van der Waals surface area contributed by atoms with E-state index in [0.29, 0.717) is 30.2 Å². The number of hydrogen-bond acceptors (Lipinski definition) is 4. The lowest BCUT2D eigenvalue weighted by Crippen LogP contribution is -2.37. The van der Waals surface area contributed by atoms with Gasteiger partial charge in [-0.1, -0.05) is 0 Å². The highest BCUT2D eigenvalue weighted by molar-refractivity contribution is 5.91. The van der Waals surface area contributed by atoms with Crippen molar-refractivity contribution < 1.29 is 0 Å². The third kappa shape index (κ3) is 2.90.